The van der Waals surface area contributed by atoms with Gasteiger partial charge in [0.25, 0.3) is 11.7 Å². The van der Waals surface area contributed by atoms with Crippen molar-refractivity contribution in [2.45, 2.75) is 32.7 Å². The van der Waals surface area contributed by atoms with Gasteiger partial charge in [-0.25, -0.2) is 0 Å². The summed E-state index contributed by atoms with van der Waals surface area (Å²) in [6.45, 7) is 5.98. The van der Waals surface area contributed by atoms with E-state index in [9.17, 15) is 14.7 Å². The van der Waals surface area contributed by atoms with Crippen LogP contribution in [0.2, 0.25) is 0 Å². The third kappa shape index (κ3) is 3.96. The van der Waals surface area contributed by atoms with Crippen molar-refractivity contribution in [3.8, 4) is 11.5 Å². The van der Waals surface area contributed by atoms with Crippen LogP contribution in [-0.2, 0) is 9.59 Å². The van der Waals surface area contributed by atoms with Gasteiger partial charge in [0.15, 0.2) is 0 Å². The van der Waals surface area contributed by atoms with Crippen molar-refractivity contribution < 1.29 is 24.2 Å². The van der Waals surface area contributed by atoms with Crippen LogP contribution in [0.25, 0.3) is 5.76 Å². The number of aliphatic hydroxyl groups is 1. The van der Waals surface area contributed by atoms with E-state index in [-0.39, 0.29) is 17.3 Å². The maximum Gasteiger partial charge on any atom is 0.300 e. The lowest BCUT2D eigenvalue weighted by Gasteiger charge is -2.25. The molecular weight excluding hydrogens is 450 g/mol. The molecule has 1 aliphatic heterocycles. The number of anilines is 1. The zero-order valence-electron chi connectivity index (χ0n) is 19.8. The molecule has 0 spiro atoms. The SMILES string of the molecule is COc1cccc(N2C(=O)C(=O)/C(=C(\O)c3ccc(OC)c(C(C)C)c3)C2c2sccc2C)c1. The maximum absolute atomic E-state index is 13.4. The Morgan fingerprint density at radius 3 is 2.44 bits per heavy atom. The van der Waals surface area contributed by atoms with Gasteiger partial charge in [-0.3, -0.25) is 14.5 Å². The Labute approximate surface area is 203 Å². The number of amides is 1. The molecule has 1 atom stereocenters. The van der Waals surface area contributed by atoms with Crippen molar-refractivity contribution in [3.63, 3.8) is 0 Å². The fraction of sp³-hybridized carbons (Fsp3) is 0.259. The van der Waals surface area contributed by atoms with E-state index in [1.807, 2.05) is 38.3 Å². The highest BCUT2D eigenvalue weighted by molar-refractivity contribution is 7.10. The number of thiophene rings is 1. The average Bonchev–Trinajstić information content (AvgIpc) is 3.38. The van der Waals surface area contributed by atoms with Crippen molar-refractivity contribution in [3.05, 3.63) is 81.1 Å². The monoisotopic (exact) mass is 477 g/mol. The standard InChI is InChI=1S/C27H27NO5S/c1-15(2)20-13-17(9-10-21(20)33-5)24(29)22-23(26-16(3)11-12-34-26)28(27(31)25(22)30)18-7-6-8-19(14-18)32-4/h6-15,23,29H,1-5H3/b24-22-. The van der Waals surface area contributed by atoms with Crippen LogP contribution in [0.4, 0.5) is 5.69 Å². The lowest BCUT2D eigenvalue weighted by atomic mass is 9.94. The fourth-order valence-corrected chi connectivity index (χ4v) is 5.28. The normalized spacial score (nSPS) is 17.5. The van der Waals surface area contributed by atoms with E-state index in [0.29, 0.717) is 22.7 Å². The van der Waals surface area contributed by atoms with Crippen LogP contribution >= 0.6 is 11.3 Å². The molecule has 1 amide bonds. The summed E-state index contributed by atoms with van der Waals surface area (Å²) in [4.78, 5) is 28.9. The minimum Gasteiger partial charge on any atom is -0.507 e. The van der Waals surface area contributed by atoms with Gasteiger partial charge in [-0.15, -0.1) is 11.3 Å². The maximum atomic E-state index is 13.4. The Bertz CT molecular complexity index is 1290. The quantitative estimate of drug-likeness (QED) is 0.275. The number of hydrogen-bond acceptors (Lipinski definition) is 6. The second kappa shape index (κ2) is 9.35. The summed E-state index contributed by atoms with van der Waals surface area (Å²) in [7, 11) is 3.14. The number of ketones is 1. The molecule has 2 heterocycles. The van der Waals surface area contributed by atoms with Gasteiger partial charge in [0.2, 0.25) is 0 Å². The molecule has 1 N–H and O–H groups in total. The van der Waals surface area contributed by atoms with Crippen LogP contribution in [0.15, 0.2) is 59.5 Å². The van der Waals surface area contributed by atoms with Crippen LogP contribution in [0, 0.1) is 6.92 Å². The van der Waals surface area contributed by atoms with Gasteiger partial charge in [-0.05, 0) is 65.7 Å². The first-order chi connectivity index (χ1) is 16.3. The van der Waals surface area contributed by atoms with Crippen molar-refractivity contribution in [1.29, 1.82) is 0 Å². The summed E-state index contributed by atoms with van der Waals surface area (Å²) < 4.78 is 10.8. The Balaban J connectivity index is 1.94. The number of benzene rings is 2. The molecule has 0 bridgehead atoms. The predicted molar refractivity (Wildman–Crippen MR) is 134 cm³/mol. The van der Waals surface area contributed by atoms with Crippen LogP contribution in [-0.4, -0.2) is 31.0 Å². The summed E-state index contributed by atoms with van der Waals surface area (Å²) in [5.41, 5.74) is 2.90. The van der Waals surface area contributed by atoms with Gasteiger partial charge >= 0.3 is 0 Å². The van der Waals surface area contributed by atoms with E-state index in [1.54, 1.807) is 50.6 Å². The Morgan fingerprint density at radius 2 is 1.82 bits per heavy atom. The molecule has 7 heteroatoms. The molecule has 1 fully saturated rings. The number of nitrogens with zero attached hydrogens (tertiary/aromatic N) is 1. The molecule has 3 aromatic rings. The Kier molecular flexibility index (Phi) is 6.48. The highest BCUT2D eigenvalue weighted by atomic mass is 32.1. The molecule has 0 aliphatic carbocycles. The number of rotatable bonds is 6. The Hall–Kier alpha value is -3.58. The topological polar surface area (TPSA) is 76.1 Å². The van der Waals surface area contributed by atoms with Crippen LogP contribution in [0.3, 0.4) is 0 Å². The van der Waals surface area contributed by atoms with E-state index in [1.165, 1.54) is 16.2 Å². The molecule has 1 unspecified atom stereocenters. The number of carbonyl (C=O) groups is 2. The summed E-state index contributed by atoms with van der Waals surface area (Å²) in [6, 6.07) is 13.5. The van der Waals surface area contributed by atoms with Gasteiger partial charge in [0.05, 0.1) is 19.8 Å². The van der Waals surface area contributed by atoms with Gasteiger partial charge in [0, 0.05) is 22.2 Å². The van der Waals surface area contributed by atoms with Crippen molar-refractivity contribution in [2.75, 3.05) is 19.1 Å². The first kappa shape index (κ1) is 23.6. The molecule has 1 aliphatic rings. The molecule has 0 saturated carbocycles. The van der Waals surface area contributed by atoms with E-state index in [2.05, 4.69) is 0 Å². The first-order valence-electron chi connectivity index (χ1n) is 11.0. The van der Waals surface area contributed by atoms with Crippen LogP contribution in [0.1, 0.15) is 47.4 Å². The molecular formula is C27H27NO5S. The zero-order chi connectivity index (χ0) is 24.6. The summed E-state index contributed by atoms with van der Waals surface area (Å²) >= 11 is 1.45. The van der Waals surface area contributed by atoms with Gasteiger partial charge in [-0.2, -0.15) is 0 Å². The second-order valence-electron chi connectivity index (χ2n) is 8.45. The predicted octanol–water partition coefficient (Wildman–Crippen LogP) is 5.82. The average molecular weight is 478 g/mol. The van der Waals surface area contributed by atoms with E-state index in [4.69, 9.17) is 9.47 Å². The third-order valence-electron chi connectivity index (χ3n) is 6.05. The number of aryl methyl sites for hydroxylation is 1. The van der Waals surface area contributed by atoms with Crippen LogP contribution in [0.5, 0.6) is 11.5 Å². The van der Waals surface area contributed by atoms with E-state index in [0.717, 1.165) is 16.0 Å². The van der Waals surface area contributed by atoms with E-state index < -0.39 is 17.7 Å². The lowest BCUT2D eigenvalue weighted by Crippen LogP contribution is -2.29. The smallest absolute Gasteiger partial charge is 0.300 e. The molecule has 1 saturated heterocycles. The fourth-order valence-electron chi connectivity index (χ4n) is 4.26. The number of ether oxygens (including phenoxy) is 2. The molecule has 6 nitrogen and oxygen atoms in total. The summed E-state index contributed by atoms with van der Waals surface area (Å²) in [5, 5.41) is 13.3. The summed E-state index contributed by atoms with van der Waals surface area (Å²) in [6.07, 6.45) is 0. The van der Waals surface area contributed by atoms with Gasteiger partial charge in [-0.1, -0.05) is 19.9 Å². The lowest BCUT2D eigenvalue weighted by molar-refractivity contribution is -0.132. The molecule has 4 rings (SSSR count). The van der Waals surface area contributed by atoms with Gasteiger partial charge in [0.1, 0.15) is 23.3 Å². The zero-order valence-corrected chi connectivity index (χ0v) is 20.6. The minimum atomic E-state index is -0.753. The molecule has 34 heavy (non-hydrogen) atoms. The number of carbonyl (C=O) groups excluding carboxylic acids is 2. The second-order valence-corrected chi connectivity index (χ2v) is 9.40. The number of hydrogen-bond donors (Lipinski definition) is 1. The minimum absolute atomic E-state index is 0.0678. The van der Waals surface area contributed by atoms with Crippen molar-refractivity contribution >= 4 is 34.5 Å². The third-order valence-corrected chi connectivity index (χ3v) is 7.12. The highest BCUT2D eigenvalue weighted by Gasteiger charge is 2.48. The molecule has 176 valence electrons. The first-order valence-corrected chi connectivity index (χ1v) is 11.8. The number of aliphatic hydroxyl groups excluding tert-OH is 1. The number of methoxy groups -OCH3 is 2. The van der Waals surface area contributed by atoms with Gasteiger partial charge < -0.3 is 14.6 Å². The molecule has 1 aromatic heterocycles. The largest absolute Gasteiger partial charge is 0.507 e. The molecule has 2 aromatic carbocycles. The van der Waals surface area contributed by atoms with Crippen molar-refractivity contribution in [2.24, 2.45) is 0 Å². The van der Waals surface area contributed by atoms with Crippen molar-refractivity contribution in [1.82, 2.24) is 0 Å². The summed E-state index contributed by atoms with van der Waals surface area (Å²) in [5.74, 6) is -0.208. The Morgan fingerprint density at radius 1 is 1.06 bits per heavy atom. The number of Topliss-reactive ketones (excluding diaryl/α,β-unsaturated/α-hetero) is 1. The van der Waals surface area contributed by atoms with Crippen LogP contribution < -0.4 is 14.4 Å². The van der Waals surface area contributed by atoms with E-state index >= 15 is 0 Å². The molecule has 0 radical (unpaired) electrons. The highest BCUT2D eigenvalue weighted by Crippen LogP contribution is 2.45.